The van der Waals surface area contributed by atoms with Crippen molar-refractivity contribution in [2.45, 2.75) is 13.0 Å². The molecule has 1 aromatic carbocycles. The van der Waals surface area contributed by atoms with Gasteiger partial charge in [0.15, 0.2) is 0 Å². The second-order valence-electron chi connectivity index (χ2n) is 6.88. The van der Waals surface area contributed by atoms with Gasteiger partial charge in [-0.2, -0.15) is 0 Å². The highest BCUT2D eigenvalue weighted by atomic mass is 35.5. The average Bonchev–Trinajstić information content (AvgIpc) is 2.89. The summed E-state index contributed by atoms with van der Waals surface area (Å²) in [5.41, 5.74) is 0.920. The minimum absolute atomic E-state index is 0.0540. The molecule has 0 bridgehead atoms. The van der Waals surface area contributed by atoms with Gasteiger partial charge in [0.05, 0.1) is 12.9 Å². The van der Waals surface area contributed by atoms with Crippen molar-refractivity contribution < 1.29 is 13.5 Å². The van der Waals surface area contributed by atoms with E-state index in [2.05, 4.69) is 4.90 Å². The molecular formula is C16H23ClN2O3S. The van der Waals surface area contributed by atoms with Crippen LogP contribution in [0, 0.1) is 11.3 Å². The molecule has 0 aromatic heterocycles. The molecule has 0 saturated carbocycles. The molecule has 23 heavy (non-hydrogen) atoms. The number of sulfonamides is 1. The highest BCUT2D eigenvalue weighted by Crippen LogP contribution is 2.43. The van der Waals surface area contributed by atoms with Crippen molar-refractivity contribution in [3.8, 4) is 0 Å². The number of aliphatic hydroxyl groups is 1. The number of hydrogen-bond donors (Lipinski definition) is 1. The topological polar surface area (TPSA) is 60.9 Å². The molecule has 7 heteroatoms. The fourth-order valence-electron chi connectivity index (χ4n) is 3.81. The number of halogens is 1. The van der Waals surface area contributed by atoms with Crippen LogP contribution < -0.4 is 0 Å². The number of aliphatic hydroxyl groups excluding tert-OH is 1. The summed E-state index contributed by atoms with van der Waals surface area (Å²) in [6, 6.07) is 7.82. The lowest BCUT2D eigenvalue weighted by Gasteiger charge is -2.42. The normalized spacial score (nSPS) is 29.6. The van der Waals surface area contributed by atoms with E-state index in [1.165, 1.54) is 16.1 Å². The minimum Gasteiger partial charge on any atom is -0.396 e. The van der Waals surface area contributed by atoms with Gasteiger partial charge in [-0.25, -0.2) is 12.7 Å². The number of benzene rings is 1. The molecule has 2 fully saturated rings. The zero-order valence-electron chi connectivity index (χ0n) is 13.3. The summed E-state index contributed by atoms with van der Waals surface area (Å²) < 4.78 is 25.2. The molecule has 0 aliphatic carbocycles. The third-order valence-electron chi connectivity index (χ3n) is 5.29. The highest BCUT2D eigenvalue weighted by molar-refractivity contribution is 7.88. The molecule has 2 aliphatic rings. The Hall–Kier alpha value is -0.660. The van der Waals surface area contributed by atoms with Crippen LogP contribution in [0.4, 0.5) is 0 Å². The van der Waals surface area contributed by atoms with E-state index in [0.717, 1.165) is 31.1 Å². The number of likely N-dealkylation sites (tertiary alicyclic amines) is 1. The summed E-state index contributed by atoms with van der Waals surface area (Å²) in [6.45, 7) is 3.53. The maximum absolute atomic E-state index is 11.9. The van der Waals surface area contributed by atoms with Crippen molar-refractivity contribution >= 4 is 21.6 Å². The maximum atomic E-state index is 11.9. The van der Waals surface area contributed by atoms with Crippen molar-refractivity contribution in [3.05, 3.63) is 34.9 Å². The molecule has 2 heterocycles. The van der Waals surface area contributed by atoms with Crippen molar-refractivity contribution in [1.82, 2.24) is 9.21 Å². The van der Waals surface area contributed by atoms with Gasteiger partial charge < -0.3 is 5.11 Å². The summed E-state index contributed by atoms with van der Waals surface area (Å²) >= 11 is 5.92. The number of hydrogen-bond acceptors (Lipinski definition) is 4. The van der Waals surface area contributed by atoms with E-state index in [1.54, 1.807) is 0 Å². The van der Waals surface area contributed by atoms with Crippen molar-refractivity contribution in [1.29, 1.82) is 0 Å². The van der Waals surface area contributed by atoms with Crippen LogP contribution in [0.5, 0.6) is 0 Å². The Morgan fingerprint density at radius 2 is 2.00 bits per heavy atom. The van der Waals surface area contributed by atoms with Gasteiger partial charge in [-0.05, 0) is 36.6 Å². The van der Waals surface area contributed by atoms with E-state index >= 15 is 0 Å². The molecule has 128 valence electrons. The van der Waals surface area contributed by atoms with Gasteiger partial charge in [0.1, 0.15) is 0 Å². The van der Waals surface area contributed by atoms with Crippen LogP contribution in [-0.2, 0) is 16.6 Å². The predicted octanol–water partition coefficient (Wildman–Crippen LogP) is 1.42. The Morgan fingerprint density at radius 1 is 1.30 bits per heavy atom. The Bertz CT molecular complexity index is 664. The van der Waals surface area contributed by atoms with E-state index < -0.39 is 10.0 Å². The summed E-state index contributed by atoms with van der Waals surface area (Å²) in [5.74, 6) is 0.184. The lowest BCUT2D eigenvalue weighted by atomic mass is 9.73. The molecule has 5 nitrogen and oxygen atoms in total. The molecule has 0 amide bonds. The molecule has 2 atom stereocenters. The SMILES string of the molecule is CS(=O)(=O)N1CC2CN(Cc3ccc(Cl)cc3)CCC2(CO)C1. The van der Waals surface area contributed by atoms with Crippen LogP contribution in [0.25, 0.3) is 0 Å². The van der Waals surface area contributed by atoms with Gasteiger partial charge in [-0.1, -0.05) is 23.7 Å². The van der Waals surface area contributed by atoms with Crippen molar-refractivity contribution in [3.63, 3.8) is 0 Å². The monoisotopic (exact) mass is 358 g/mol. The first-order valence-corrected chi connectivity index (χ1v) is 10.1. The van der Waals surface area contributed by atoms with Crippen LogP contribution in [-0.4, -0.2) is 61.8 Å². The molecule has 1 aromatic rings. The van der Waals surface area contributed by atoms with Gasteiger partial charge in [0, 0.05) is 36.6 Å². The first-order valence-electron chi connectivity index (χ1n) is 7.85. The van der Waals surface area contributed by atoms with E-state index in [1.807, 2.05) is 24.3 Å². The van der Waals surface area contributed by atoms with Gasteiger partial charge in [-0.15, -0.1) is 0 Å². The summed E-state index contributed by atoms with van der Waals surface area (Å²) in [4.78, 5) is 2.34. The lowest BCUT2D eigenvalue weighted by Crippen LogP contribution is -2.48. The van der Waals surface area contributed by atoms with Gasteiger partial charge in [0.25, 0.3) is 0 Å². The van der Waals surface area contributed by atoms with Gasteiger partial charge >= 0.3 is 0 Å². The molecule has 3 rings (SSSR count). The van der Waals surface area contributed by atoms with E-state index in [-0.39, 0.29) is 17.9 Å². The van der Waals surface area contributed by atoms with Crippen LogP contribution in [0.15, 0.2) is 24.3 Å². The second-order valence-corrected chi connectivity index (χ2v) is 9.30. The Labute approximate surface area is 142 Å². The van der Waals surface area contributed by atoms with Crippen molar-refractivity contribution in [2.24, 2.45) is 11.3 Å². The smallest absolute Gasteiger partial charge is 0.211 e. The van der Waals surface area contributed by atoms with Crippen LogP contribution in [0.3, 0.4) is 0 Å². The van der Waals surface area contributed by atoms with E-state index in [9.17, 15) is 13.5 Å². The Morgan fingerprint density at radius 3 is 2.61 bits per heavy atom. The minimum atomic E-state index is -3.20. The first kappa shape index (κ1) is 17.2. The van der Waals surface area contributed by atoms with Crippen LogP contribution >= 0.6 is 11.6 Å². The largest absolute Gasteiger partial charge is 0.396 e. The van der Waals surface area contributed by atoms with Crippen molar-refractivity contribution in [2.75, 3.05) is 39.0 Å². The molecule has 2 unspecified atom stereocenters. The summed E-state index contributed by atoms with van der Waals surface area (Å²) in [5, 5.41) is 10.6. The first-order chi connectivity index (χ1) is 10.8. The van der Waals surface area contributed by atoms with E-state index in [0.29, 0.717) is 13.1 Å². The molecule has 2 saturated heterocycles. The number of rotatable bonds is 4. The number of fused-ring (bicyclic) bond motifs is 1. The second kappa shape index (κ2) is 6.33. The third-order valence-corrected chi connectivity index (χ3v) is 6.76. The average molecular weight is 359 g/mol. The lowest BCUT2D eigenvalue weighted by molar-refractivity contribution is 0.0170. The predicted molar refractivity (Wildman–Crippen MR) is 90.8 cm³/mol. The number of piperidine rings is 1. The van der Waals surface area contributed by atoms with Crippen LogP contribution in [0.2, 0.25) is 5.02 Å². The zero-order chi connectivity index (χ0) is 16.7. The third kappa shape index (κ3) is 3.56. The van der Waals surface area contributed by atoms with Gasteiger partial charge in [-0.3, -0.25) is 4.90 Å². The van der Waals surface area contributed by atoms with E-state index in [4.69, 9.17) is 11.6 Å². The zero-order valence-corrected chi connectivity index (χ0v) is 14.9. The highest BCUT2D eigenvalue weighted by Gasteiger charge is 2.51. The summed E-state index contributed by atoms with van der Waals surface area (Å²) in [6.07, 6.45) is 2.08. The number of nitrogens with zero attached hydrogens (tertiary/aromatic N) is 2. The molecule has 1 N–H and O–H groups in total. The summed E-state index contributed by atoms with van der Waals surface area (Å²) in [7, 11) is -3.20. The molecule has 0 spiro atoms. The Balaban J connectivity index is 1.70. The fourth-order valence-corrected chi connectivity index (χ4v) is 4.87. The van der Waals surface area contributed by atoms with Gasteiger partial charge in [0.2, 0.25) is 10.0 Å². The van der Waals surface area contributed by atoms with Crippen LogP contribution in [0.1, 0.15) is 12.0 Å². The maximum Gasteiger partial charge on any atom is 0.211 e. The standard InChI is InChI=1S/C16H23ClN2O3S/c1-23(21,22)19-10-14-9-18(7-6-16(14,11-19)12-20)8-13-2-4-15(17)5-3-13/h2-5,14,20H,6-12H2,1H3. The fraction of sp³-hybridized carbons (Fsp3) is 0.625. The molecular weight excluding hydrogens is 336 g/mol. The Kier molecular flexibility index (Phi) is 4.73. The molecule has 0 radical (unpaired) electrons. The molecule has 2 aliphatic heterocycles. The quantitative estimate of drug-likeness (QED) is 0.884.